The Morgan fingerprint density at radius 1 is 1.42 bits per heavy atom. The second-order valence-corrected chi connectivity index (χ2v) is 7.25. The molecule has 0 unspecified atom stereocenters. The van der Waals surface area contributed by atoms with Crippen LogP contribution in [0.5, 0.6) is 0 Å². The van der Waals surface area contributed by atoms with Gasteiger partial charge < -0.3 is 0 Å². The fraction of sp³-hybridized carbons (Fsp3) is 0.500. The first-order valence-electron chi connectivity index (χ1n) is 6.39. The summed E-state index contributed by atoms with van der Waals surface area (Å²) in [5, 5.41) is 8.80. The zero-order valence-electron chi connectivity index (χ0n) is 11.2. The summed E-state index contributed by atoms with van der Waals surface area (Å²) in [6, 6.07) is 8.04. The van der Waals surface area contributed by atoms with E-state index in [1.165, 1.54) is 12.1 Å². The molecular formula is C14H18N2O2S. The van der Waals surface area contributed by atoms with Gasteiger partial charge in [-0.3, -0.25) is 0 Å². The number of hydrogen-bond donors (Lipinski definition) is 1. The van der Waals surface area contributed by atoms with Crippen LogP contribution in [-0.2, 0) is 10.0 Å². The van der Waals surface area contributed by atoms with Gasteiger partial charge in [-0.1, -0.05) is 19.9 Å². The first kappa shape index (κ1) is 14.0. The van der Waals surface area contributed by atoms with E-state index >= 15 is 0 Å². The molecular weight excluding hydrogens is 260 g/mol. The highest BCUT2D eigenvalue weighted by Gasteiger charge is 2.45. The molecule has 0 aliphatic heterocycles. The average Bonchev–Trinajstić information content (AvgIpc) is 3.18. The molecule has 0 saturated heterocycles. The summed E-state index contributed by atoms with van der Waals surface area (Å²) in [6.07, 6.45) is 2.15. The number of nitriles is 1. The normalized spacial score (nSPS) is 17.2. The highest BCUT2D eigenvalue weighted by atomic mass is 32.2. The molecule has 0 aromatic heterocycles. The number of hydrogen-bond acceptors (Lipinski definition) is 3. The summed E-state index contributed by atoms with van der Waals surface area (Å²) in [6.45, 7) is 4.72. The number of nitrogens with zero attached hydrogens (tertiary/aromatic N) is 1. The maximum Gasteiger partial charge on any atom is 0.240 e. The molecule has 19 heavy (non-hydrogen) atoms. The monoisotopic (exact) mass is 278 g/mol. The lowest BCUT2D eigenvalue weighted by atomic mass is 9.93. The fourth-order valence-electron chi connectivity index (χ4n) is 2.17. The van der Waals surface area contributed by atoms with Crippen molar-refractivity contribution in [2.24, 2.45) is 11.3 Å². The van der Waals surface area contributed by atoms with Crippen molar-refractivity contribution in [3.05, 3.63) is 29.8 Å². The Morgan fingerprint density at radius 2 is 2.11 bits per heavy atom. The first-order chi connectivity index (χ1) is 8.89. The number of rotatable bonds is 5. The first-order valence-corrected chi connectivity index (χ1v) is 7.88. The third kappa shape index (κ3) is 2.96. The van der Waals surface area contributed by atoms with Gasteiger partial charge >= 0.3 is 0 Å². The minimum atomic E-state index is -3.52. The Labute approximate surface area is 114 Å². The van der Waals surface area contributed by atoms with Crippen molar-refractivity contribution in [1.29, 1.82) is 5.26 Å². The number of benzene rings is 1. The Morgan fingerprint density at radius 3 is 2.63 bits per heavy atom. The molecule has 1 aliphatic carbocycles. The molecule has 1 saturated carbocycles. The Bertz CT molecular complexity index is 611. The molecule has 1 fully saturated rings. The second kappa shape index (κ2) is 4.95. The van der Waals surface area contributed by atoms with Crippen molar-refractivity contribution in [1.82, 2.24) is 4.72 Å². The van der Waals surface area contributed by atoms with Crippen molar-refractivity contribution in [3.63, 3.8) is 0 Å². The van der Waals surface area contributed by atoms with Crippen LogP contribution in [0.25, 0.3) is 0 Å². The van der Waals surface area contributed by atoms with Crippen LogP contribution in [0, 0.1) is 22.7 Å². The third-order valence-electron chi connectivity index (χ3n) is 4.00. The van der Waals surface area contributed by atoms with Gasteiger partial charge in [-0.2, -0.15) is 5.26 Å². The van der Waals surface area contributed by atoms with Crippen LogP contribution < -0.4 is 4.72 Å². The zero-order chi connectivity index (χ0) is 14.1. The Hall–Kier alpha value is -1.38. The number of nitrogens with one attached hydrogen (secondary N) is 1. The van der Waals surface area contributed by atoms with E-state index in [2.05, 4.69) is 18.6 Å². The smallest absolute Gasteiger partial charge is 0.211 e. The van der Waals surface area contributed by atoms with Crippen LogP contribution in [0.1, 0.15) is 32.3 Å². The van der Waals surface area contributed by atoms with Gasteiger partial charge in [0, 0.05) is 6.54 Å². The van der Waals surface area contributed by atoms with Gasteiger partial charge in [0.15, 0.2) is 0 Å². The van der Waals surface area contributed by atoms with Crippen molar-refractivity contribution < 1.29 is 8.42 Å². The van der Waals surface area contributed by atoms with Crippen molar-refractivity contribution in [3.8, 4) is 6.07 Å². The molecule has 1 aliphatic rings. The molecule has 0 bridgehead atoms. The molecule has 4 nitrogen and oxygen atoms in total. The third-order valence-corrected chi connectivity index (χ3v) is 5.40. The minimum absolute atomic E-state index is 0.125. The molecule has 0 heterocycles. The van der Waals surface area contributed by atoms with Crippen molar-refractivity contribution in [2.75, 3.05) is 6.54 Å². The SMILES string of the molecule is CC(C)C1(CNS(=O)(=O)c2cccc(C#N)c2)CC1. The van der Waals surface area contributed by atoms with E-state index in [1.807, 2.05) is 6.07 Å². The van der Waals surface area contributed by atoms with Gasteiger partial charge in [-0.05, 0) is 42.4 Å². The Balaban J connectivity index is 2.13. The van der Waals surface area contributed by atoms with E-state index < -0.39 is 10.0 Å². The van der Waals surface area contributed by atoms with Crippen LogP contribution in [0.2, 0.25) is 0 Å². The van der Waals surface area contributed by atoms with Gasteiger partial charge in [0.1, 0.15) is 0 Å². The fourth-order valence-corrected chi connectivity index (χ4v) is 3.36. The van der Waals surface area contributed by atoms with Crippen molar-refractivity contribution in [2.45, 2.75) is 31.6 Å². The van der Waals surface area contributed by atoms with Crippen LogP contribution in [0.15, 0.2) is 29.2 Å². The molecule has 1 N–H and O–H groups in total. The molecule has 0 spiro atoms. The van der Waals surface area contributed by atoms with Crippen LogP contribution in [-0.4, -0.2) is 15.0 Å². The zero-order valence-corrected chi connectivity index (χ0v) is 12.0. The molecule has 2 rings (SSSR count). The highest BCUT2D eigenvalue weighted by molar-refractivity contribution is 7.89. The summed E-state index contributed by atoms with van der Waals surface area (Å²) in [5.41, 5.74) is 0.479. The Kier molecular flexibility index (Phi) is 3.66. The summed E-state index contributed by atoms with van der Waals surface area (Å²) in [5.74, 6) is 0.473. The largest absolute Gasteiger partial charge is 0.240 e. The molecule has 0 amide bonds. The number of sulfonamides is 1. The van der Waals surface area contributed by atoms with Gasteiger partial charge in [0.05, 0.1) is 16.5 Å². The van der Waals surface area contributed by atoms with E-state index in [0.717, 1.165) is 12.8 Å². The summed E-state index contributed by atoms with van der Waals surface area (Å²) >= 11 is 0. The average molecular weight is 278 g/mol. The van der Waals surface area contributed by atoms with E-state index in [9.17, 15) is 8.42 Å². The predicted octanol–water partition coefficient (Wildman–Crippen LogP) is 2.27. The van der Waals surface area contributed by atoms with Crippen LogP contribution in [0.4, 0.5) is 0 Å². The maximum atomic E-state index is 12.2. The lowest BCUT2D eigenvalue weighted by Gasteiger charge is -2.20. The molecule has 5 heteroatoms. The lowest BCUT2D eigenvalue weighted by Crippen LogP contribution is -2.32. The highest BCUT2D eigenvalue weighted by Crippen LogP contribution is 2.51. The second-order valence-electron chi connectivity index (χ2n) is 5.48. The lowest BCUT2D eigenvalue weighted by molar-refractivity contribution is 0.357. The summed E-state index contributed by atoms with van der Waals surface area (Å²) < 4.78 is 27.0. The predicted molar refractivity (Wildman–Crippen MR) is 72.9 cm³/mol. The van der Waals surface area contributed by atoms with Gasteiger partial charge in [-0.15, -0.1) is 0 Å². The molecule has 1 aromatic carbocycles. The van der Waals surface area contributed by atoms with Gasteiger partial charge in [0.2, 0.25) is 10.0 Å². The van der Waals surface area contributed by atoms with Crippen LogP contribution in [0.3, 0.4) is 0 Å². The molecule has 1 aromatic rings. The summed E-state index contributed by atoms with van der Waals surface area (Å²) in [4.78, 5) is 0.158. The van der Waals surface area contributed by atoms with Crippen LogP contribution >= 0.6 is 0 Å². The van der Waals surface area contributed by atoms with Crippen molar-refractivity contribution >= 4 is 10.0 Å². The minimum Gasteiger partial charge on any atom is -0.211 e. The van der Waals surface area contributed by atoms with E-state index in [-0.39, 0.29) is 10.3 Å². The van der Waals surface area contributed by atoms with Gasteiger partial charge in [0.25, 0.3) is 0 Å². The van der Waals surface area contributed by atoms with E-state index in [0.29, 0.717) is 18.0 Å². The quantitative estimate of drug-likeness (QED) is 0.898. The maximum absolute atomic E-state index is 12.2. The van der Waals surface area contributed by atoms with E-state index in [1.54, 1.807) is 12.1 Å². The molecule has 0 atom stereocenters. The topological polar surface area (TPSA) is 70.0 Å². The molecule has 102 valence electrons. The summed E-state index contributed by atoms with van der Waals surface area (Å²) in [7, 11) is -3.52. The molecule has 0 radical (unpaired) electrons. The van der Waals surface area contributed by atoms with E-state index in [4.69, 9.17) is 5.26 Å². The standard InChI is InChI=1S/C14H18N2O2S/c1-11(2)14(6-7-14)10-16-19(17,18)13-5-3-4-12(8-13)9-15/h3-5,8,11,16H,6-7,10H2,1-2H3. The van der Waals surface area contributed by atoms with Gasteiger partial charge in [-0.25, -0.2) is 13.1 Å².